The van der Waals surface area contributed by atoms with E-state index < -0.39 is 0 Å². The fraction of sp³-hybridized carbons (Fsp3) is 0.667. The summed E-state index contributed by atoms with van der Waals surface area (Å²) < 4.78 is 5.32. The van der Waals surface area contributed by atoms with Crippen molar-refractivity contribution >= 4 is 5.69 Å². The minimum atomic E-state index is 0.596. The Morgan fingerprint density at radius 1 is 1.32 bits per heavy atom. The summed E-state index contributed by atoms with van der Waals surface area (Å²) in [6, 6.07) is 5.56. The predicted molar refractivity (Wildman–Crippen MR) is 76.6 cm³/mol. The van der Waals surface area contributed by atoms with Crippen LogP contribution in [0.2, 0.25) is 0 Å². The Balaban J connectivity index is 1.70. The smallest absolute Gasteiger partial charge is 0.0645 e. The maximum absolute atomic E-state index is 5.32. The van der Waals surface area contributed by atoms with Crippen LogP contribution >= 0.6 is 0 Å². The molecule has 2 aliphatic heterocycles. The predicted octanol–water partition coefficient (Wildman–Crippen LogP) is 1.69. The highest BCUT2D eigenvalue weighted by Gasteiger charge is 2.33. The second kappa shape index (κ2) is 5.47. The summed E-state index contributed by atoms with van der Waals surface area (Å²) >= 11 is 0. The van der Waals surface area contributed by atoms with E-state index in [1.807, 2.05) is 13.1 Å². The number of rotatable bonds is 3. The number of nitrogens with zero attached hydrogens (tertiary/aromatic N) is 3. The molecule has 1 unspecified atom stereocenters. The van der Waals surface area contributed by atoms with Gasteiger partial charge >= 0.3 is 0 Å². The first-order valence-corrected chi connectivity index (χ1v) is 7.29. The quantitative estimate of drug-likeness (QED) is 0.828. The zero-order valence-corrected chi connectivity index (χ0v) is 11.9. The van der Waals surface area contributed by atoms with E-state index in [1.165, 1.54) is 12.1 Å². The summed E-state index contributed by atoms with van der Waals surface area (Å²) in [7, 11) is 0. The van der Waals surface area contributed by atoms with Gasteiger partial charge in [-0.1, -0.05) is 6.92 Å². The summed E-state index contributed by atoms with van der Waals surface area (Å²) in [5.74, 6) is 0. The fourth-order valence-electron chi connectivity index (χ4n) is 2.96. The van der Waals surface area contributed by atoms with Crippen LogP contribution in [0.15, 0.2) is 18.3 Å². The molecule has 0 bridgehead atoms. The molecule has 19 heavy (non-hydrogen) atoms. The van der Waals surface area contributed by atoms with Crippen LogP contribution in [0.3, 0.4) is 0 Å². The Morgan fingerprint density at radius 2 is 2.16 bits per heavy atom. The third-order valence-corrected chi connectivity index (χ3v) is 4.35. The molecule has 3 heterocycles. The van der Waals surface area contributed by atoms with Crippen LogP contribution in [0.1, 0.15) is 19.0 Å². The molecular formula is C15H23N3O. The standard InChI is InChI=1S/C15H23N3O/c1-3-13-9-17(15-10-19-11-15)6-7-18(13)14-5-4-12(2)16-8-14/h4-5,8,13,15H,3,6-7,9-11H2,1-2H3. The third-order valence-electron chi connectivity index (χ3n) is 4.35. The average molecular weight is 261 g/mol. The van der Waals surface area contributed by atoms with Gasteiger partial charge in [0.15, 0.2) is 0 Å². The van der Waals surface area contributed by atoms with Crippen molar-refractivity contribution in [2.45, 2.75) is 32.4 Å². The van der Waals surface area contributed by atoms with Crippen LogP contribution in [-0.2, 0) is 4.74 Å². The van der Waals surface area contributed by atoms with Crippen molar-refractivity contribution in [3.63, 3.8) is 0 Å². The van der Waals surface area contributed by atoms with Gasteiger partial charge in [-0.05, 0) is 25.5 Å². The first-order valence-electron chi connectivity index (χ1n) is 7.29. The molecule has 0 spiro atoms. The first-order chi connectivity index (χ1) is 9.28. The topological polar surface area (TPSA) is 28.6 Å². The summed E-state index contributed by atoms with van der Waals surface area (Å²) in [5.41, 5.74) is 2.35. The summed E-state index contributed by atoms with van der Waals surface area (Å²) in [6.07, 6.45) is 3.19. The van der Waals surface area contributed by atoms with E-state index in [4.69, 9.17) is 4.74 Å². The summed E-state index contributed by atoms with van der Waals surface area (Å²) in [6.45, 7) is 9.54. The second-order valence-corrected chi connectivity index (χ2v) is 5.60. The molecule has 0 radical (unpaired) electrons. The van der Waals surface area contributed by atoms with Crippen molar-refractivity contribution in [1.29, 1.82) is 0 Å². The maximum atomic E-state index is 5.32. The molecule has 4 nitrogen and oxygen atoms in total. The van der Waals surface area contributed by atoms with Crippen molar-refractivity contribution in [3.05, 3.63) is 24.0 Å². The lowest BCUT2D eigenvalue weighted by Crippen LogP contribution is -2.60. The van der Waals surface area contributed by atoms with Gasteiger partial charge in [-0.2, -0.15) is 0 Å². The van der Waals surface area contributed by atoms with Crippen LogP contribution in [-0.4, -0.2) is 54.8 Å². The molecule has 1 aromatic rings. The molecule has 2 aliphatic rings. The Hall–Kier alpha value is -1.13. The Kier molecular flexibility index (Phi) is 3.71. The zero-order chi connectivity index (χ0) is 13.2. The van der Waals surface area contributed by atoms with Gasteiger partial charge in [0.05, 0.1) is 31.1 Å². The largest absolute Gasteiger partial charge is 0.378 e. The van der Waals surface area contributed by atoms with Crippen LogP contribution in [0.4, 0.5) is 5.69 Å². The monoisotopic (exact) mass is 261 g/mol. The molecule has 0 aromatic carbocycles. The highest BCUT2D eigenvalue weighted by atomic mass is 16.5. The van der Waals surface area contributed by atoms with Gasteiger partial charge in [-0.3, -0.25) is 9.88 Å². The van der Waals surface area contributed by atoms with E-state index in [-0.39, 0.29) is 0 Å². The molecule has 3 rings (SSSR count). The Morgan fingerprint density at radius 3 is 2.74 bits per heavy atom. The normalized spacial score (nSPS) is 25.4. The van der Waals surface area contributed by atoms with E-state index in [1.54, 1.807) is 0 Å². The summed E-state index contributed by atoms with van der Waals surface area (Å²) in [4.78, 5) is 9.54. The van der Waals surface area contributed by atoms with Crippen molar-refractivity contribution in [2.24, 2.45) is 0 Å². The van der Waals surface area contributed by atoms with E-state index in [9.17, 15) is 0 Å². The van der Waals surface area contributed by atoms with E-state index in [2.05, 4.69) is 33.8 Å². The first kappa shape index (κ1) is 12.9. The van der Waals surface area contributed by atoms with Crippen molar-refractivity contribution < 1.29 is 4.74 Å². The van der Waals surface area contributed by atoms with Crippen LogP contribution in [0.25, 0.3) is 0 Å². The van der Waals surface area contributed by atoms with Gasteiger partial charge in [0.2, 0.25) is 0 Å². The number of aryl methyl sites for hydroxylation is 1. The highest BCUT2D eigenvalue weighted by molar-refractivity contribution is 5.46. The summed E-state index contributed by atoms with van der Waals surface area (Å²) in [5, 5.41) is 0. The molecule has 1 aromatic heterocycles. The Labute approximate surface area is 115 Å². The van der Waals surface area contributed by atoms with E-state index in [0.717, 1.165) is 38.5 Å². The molecule has 0 aliphatic carbocycles. The van der Waals surface area contributed by atoms with Gasteiger partial charge in [0.25, 0.3) is 0 Å². The number of ether oxygens (including phenoxy) is 1. The fourth-order valence-corrected chi connectivity index (χ4v) is 2.96. The van der Waals surface area contributed by atoms with E-state index in [0.29, 0.717) is 12.1 Å². The molecular weight excluding hydrogens is 238 g/mol. The molecule has 4 heteroatoms. The molecule has 0 N–H and O–H groups in total. The number of hydrogen-bond donors (Lipinski definition) is 0. The molecule has 2 fully saturated rings. The van der Waals surface area contributed by atoms with Crippen LogP contribution < -0.4 is 4.90 Å². The van der Waals surface area contributed by atoms with Gasteiger partial charge in [-0.15, -0.1) is 0 Å². The highest BCUT2D eigenvalue weighted by Crippen LogP contribution is 2.24. The van der Waals surface area contributed by atoms with Gasteiger partial charge in [-0.25, -0.2) is 0 Å². The number of pyridine rings is 1. The SMILES string of the molecule is CCC1CN(C2COC2)CCN1c1ccc(C)nc1. The van der Waals surface area contributed by atoms with Gasteiger partial charge < -0.3 is 9.64 Å². The van der Waals surface area contributed by atoms with Crippen LogP contribution in [0, 0.1) is 6.92 Å². The molecule has 0 saturated carbocycles. The van der Waals surface area contributed by atoms with Crippen molar-refractivity contribution in [2.75, 3.05) is 37.7 Å². The number of anilines is 1. The number of hydrogen-bond acceptors (Lipinski definition) is 4. The van der Waals surface area contributed by atoms with Gasteiger partial charge in [0, 0.05) is 31.4 Å². The molecule has 0 amide bonds. The van der Waals surface area contributed by atoms with Crippen molar-refractivity contribution in [1.82, 2.24) is 9.88 Å². The average Bonchev–Trinajstić information content (AvgIpc) is 2.38. The minimum Gasteiger partial charge on any atom is -0.378 e. The lowest BCUT2D eigenvalue weighted by atomic mass is 10.1. The lowest BCUT2D eigenvalue weighted by molar-refractivity contribution is -0.0698. The van der Waals surface area contributed by atoms with Crippen LogP contribution in [0.5, 0.6) is 0 Å². The zero-order valence-electron chi connectivity index (χ0n) is 11.9. The Bertz CT molecular complexity index is 416. The van der Waals surface area contributed by atoms with Gasteiger partial charge in [0.1, 0.15) is 0 Å². The molecule has 2 saturated heterocycles. The minimum absolute atomic E-state index is 0.596. The van der Waals surface area contributed by atoms with Crippen molar-refractivity contribution in [3.8, 4) is 0 Å². The number of piperazine rings is 1. The number of aromatic nitrogens is 1. The molecule has 104 valence electrons. The second-order valence-electron chi connectivity index (χ2n) is 5.60. The lowest BCUT2D eigenvalue weighted by Gasteiger charge is -2.47. The molecule has 1 atom stereocenters. The van der Waals surface area contributed by atoms with E-state index >= 15 is 0 Å². The third kappa shape index (κ3) is 2.60. The maximum Gasteiger partial charge on any atom is 0.0645 e.